The molecule has 1 amide bonds. The van der Waals surface area contributed by atoms with Crippen LogP contribution in [-0.2, 0) is 0 Å². The SMILES string of the molecule is O=C(NCC(c1ccco1)N1CCCC1)c1csc(-c2ccccc2)n1. The van der Waals surface area contributed by atoms with Gasteiger partial charge in [0, 0.05) is 17.5 Å². The van der Waals surface area contributed by atoms with Gasteiger partial charge in [-0.15, -0.1) is 11.3 Å². The van der Waals surface area contributed by atoms with Crippen LogP contribution in [0.1, 0.15) is 35.1 Å². The van der Waals surface area contributed by atoms with Crippen LogP contribution < -0.4 is 5.32 Å². The molecule has 26 heavy (non-hydrogen) atoms. The Morgan fingerprint density at radius 2 is 2.00 bits per heavy atom. The van der Waals surface area contributed by atoms with Crippen molar-refractivity contribution in [2.75, 3.05) is 19.6 Å². The van der Waals surface area contributed by atoms with Gasteiger partial charge in [0.2, 0.25) is 0 Å². The van der Waals surface area contributed by atoms with Crippen LogP contribution >= 0.6 is 11.3 Å². The third-order valence-corrected chi connectivity index (χ3v) is 5.56. The van der Waals surface area contributed by atoms with Gasteiger partial charge in [-0.05, 0) is 38.1 Å². The molecule has 1 aromatic carbocycles. The molecule has 1 aliphatic rings. The molecule has 6 heteroatoms. The van der Waals surface area contributed by atoms with Crippen LogP contribution in [-0.4, -0.2) is 35.4 Å². The Morgan fingerprint density at radius 1 is 1.19 bits per heavy atom. The quantitative estimate of drug-likeness (QED) is 0.716. The minimum Gasteiger partial charge on any atom is -0.468 e. The van der Waals surface area contributed by atoms with Crippen molar-refractivity contribution in [1.82, 2.24) is 15.2 Å². The summed E-state index contributed by atoms with van der Waals surface area (Å²) in [5.41, 5.74) is 1.50. The van der Waals surface area contributed by atoms with Crippen LogP contribution in [0.2, 0.25) is 0 Å². The third-order valence-electron chi connectivity index (χ3n) is 4.67. The molecule has 1 aliphatic heterocycles. The molecule has 1 saturated heterocycles. The van der Waals surface area contributed by atoms with Crippen LogP contribution in [0.5, 0.6) is 0 Å². The predicted octanol–water partition coefficient (Wildman–Crippen LogP) is 3.97. The second-order valence-electron chi connectivity index (χ2n) is 6.39. The highest BCUT2D eigenvalue weighted by atomic mass is 32.1. The average Bonchev–Trinajstić information content (AvgIpc) is 3.44. The number of hydrogen-bond donors (Lipinski definition) is 1. The van der Waals surface area contributed by atoms with Crippen molar-refractivity contribution in [1.29, 1.82) is 0 Å². The summed E-state index contributed by atoms with van der Waals surface area (Å²) in [7, 11) is 0. The molecule has 134 valence electrons. The number of carbonyl (C=O) groups excluding carboxylic acids is 1. The first kappa shape index (κ1) is 17.0. The summed E-state index contributed by atoms with van der Waals surface area (Å²) in [6.45, 7) is 2.59. The van der Waals surface area contributed by atoms with Crippen molar-refractivity contribution in [3.05, 3.63) is 65.6 Å². The molecule has 0 radical (unpaired) electrons. The first-order valence-electron chi connectivity index (χ1n) is 8.88. The molecule has 3 aromatic rings. The molecular formula is C20H21N3O2S. The highest BCUT2D eigenvalue weighted by Gasteiger charge is 2.26. The van der Waals surface area contributed by atoms with Crippen molar-refractivity contribution < 1.29 is 9.21 Å². The van der Waals surface area contributed by atoms with E-state index in [-0.39, 0.29) is 11.9 Å². The summed E-state index contributed by atoms with van der Waals surface area (Å²) in [6.07, 6.45) is 4.07. The fourth-order valence-electron chi connectivity index (χ4n) is 3.32. The van der Waals surface area contributed by atoms with E-state index in [1.54, 1.807) is 6.26 Å². The summed E-state index contributed by atoms with van der Waals surface area (Å²) in [6, 6.07) is 13.9. The minimum absolute atomic E-state index is 0.0729. The smallest absolute Gasteiger partial charge is 0.270 e. The number of thiazole rings is 1. The lowest BCUT2D eigenvalue weighted by Crippen LogP contribution is -2.36. The Bertz CT molecular complexity index is 839. The zero-order valence-corrected chi connectivity index (χ0v) is 15.2. The minimum atomic E-state index is -0.140. The van der Waals surface area contributed by atoms with Crippen LogP contribution in [0.3, 0.4) is 0 Å². The second kappa shape index (κ2) is 7.85. The molecule has 5 nitrogen and oxygen atoms in total. The van der Waals surface area contributed by atoms with E-state index in [0.29, 0.717) is 12.2 Å². The second-order valence-corrected chi connectivity index (χ2v) is 7.25. The van der Waals surface area contributed by atoms with Gasteiger partial charge in [0.05, 0.1) is 12.3 Å². The molecular weight excluding hydrogens is 346 g/mol. The fourth-order valence-corrected chi connectivity index (χ4v) is 4.12. The number of nitrogens with zero attached hydrogens (tertiary/aromatic N) is 2. The number of amides is 1. The standard InChI is InChI=1S/C20H21N3O2S/c24-19(16-14-26-20(22-16)15-7-2-1-3-8-15)21-13-17(18-9-6-12-25-18)23-10-4-5-11-23/h1-3,6-9,12,14,17H,4-5,10-11,13H2,(H,21,24). The number of furan rings is 1. The number of rotatable bonds is 6. The van der Waals surface area contributed by atoms with Gasteiger partial charge < -0.3 is 9.73 Å². The lowest BCUT2D eigenvalue weighted by atomic mass is 10.2. The Kier molecular flexibility index (Phi) is 5.13. The van der Waals surface area contributed by atoms with E-state index in [0.717, 1.165) is 29.4 Å². The Morgan fingerprint density at radius 3 is 2.73 bits per heavy atom. The van der Waals surface area contributed by atoms with E-state index in [2.05, 4.69) is 15.2 Å². The summed E-state index contributed by atoms with van der Waals surface area (Å²) in [4.78, 5) is 19.4. The van der Waals surface area contributed by atoms with Gasteiger partial charge in [-0.2, -0.15) is 0 Å². The number of aromatic nitrogens is 1. The first-order valence-corrected chi connectivity index (χ1v) is 9.76. The number of likely N-dealkylation sites (tertiary alicyclic amines) is 1. The van der Waals surface area contributed by atoms with Crippen molar-refractivity contribution in [3.8, 4) is 10.6 Å². The van der Waals surface area contributed by atoms with Gasteiger partial charge in [-0.3, -0.25) is 9.69 Å². The van der Waals surface area contributed by atoms with Gasteiger partial charge in [-0.1, -0.05) is 30.3 Å². The molecule has 1 atom stereocenters. The summed E-state index contributed by atoms with van der Waals surface area (Å²) in [5.74, 6) is 0.759. The maximum atomic E-state index is 12.6. The zero-order chi connectivity index (χ0) is 17.8. The Balaban J connectivity index is 1.43. The molecule has 1 unspecified atom stereocenters. The Hall–Kier alpha value is -2.44. The van der Waals surface area contributed by atoms with Crippen LogP contribution in [0.4, 0.5) is 0 Å². The summed E-state index contributed by atoms with van der Waals surface area (Å²) in [5, 5.41) is 5.71. The first-order chi connectivity index (χ1) is 12.8. The highest BCUT2D eigenvalue weighted by Crippen LogP contribution is 2.26. The lowest BCUT2D eigenvalue weighted by molar-refractivity contribution is 0.0929. The fraction of sp³-hybridized carbons (Fsp3) is 0.300. The topological polar surface area (TPSA) is 58.4 Å². The zero-order valence-electron chi connectivity index (χ0n) is 14.4. The van der Waals surface area contributed by atoms with Gasteiger partial charge in [0.15, 0.2) is 0 Å². The molecule has 0 bridgehead atoms. The molecule has 0 aliphatic carbocycles. The van der Waals surface area contributed by atoms with E-state index in [9.17, 15) is 4.79 Å². The van der Waals surface area contributed by atoms with Gasteiger partial charge in [0.1, 0.15) is 16.5 Å². The van der Waals surface area contributed by atoms with Crippen molar-refractivity contribution in [2.45, 2.75) is 18.9 Å². The molecule has 0 spiro atoms. The molecule has 1 fully saturated rings. The lowest BCUT2D eigenvalue weighted by Gasteiger charge is -2.25. The van der Waals surface area contributed by atoms with Gasteiger partial charge in [-0.25, -0.2) is 4.98 Å². The van der Waals surface area contributed by atoms with Crippen molar-refractivity contribution in [2.24, 2.45) is 0 Å². The summed E-state index contributed by atoms with van der Waals surface area (Å²) < 4.78 is 5.60. The number of hydrogen-bond acceptors (Lipinski definition) is 5. The summed E-state index contributed by atoms with van der Waals surface area (Å²) >= 11 is 1.49. The molecule has 0 saturated carbocycles. The number of nitrogens with one attached hydrogen (secondary N) is 1. The third kappa shape index (κ3) is 3.71. The molecule has 1 N–H and O–H groups in total. The van der Waals surface area contributed by atoms with Gasteiger partial charge in [0.25, 0.3) is 5.91 Å². The van der Waals surface area contributed by atoms with Gasteiger partial charge >= 0.3 is 0 Å². The van der Waals surface area contributed by atoms with E-state index >= 15 is 0 Å². The van der Waals surface area contributed by atoms with E-state index in [1.807, 2.05) is 47.8 Å². The molecule has 3 heterocycles. The maximum absolute atomic E-state index is 12.6. The largest absolute Gasteiger partial charge is 0.468 e. The van der Waals surface area contributed by atoms with Crippen molar-refractivity contribution >= 4 is 17.2 Å². The number of benzene rings is 1. The van der Waals surface area contributed by atoms with E-state index in [4.69, 9.17) is 4.42 Å². The van der Waals surface area contributed by atoms with Crippen LogP contribution in [0.15, 0.2) is 58.5 Å². The van der Waals surface area contributed by atoms with Crippen molar-refractivity contribution in [3.63, 3.8) is 0 Å². The molecule has 2 aromatic heterocycles. The van der Waals surface area contributed by atoms with Crippen LogP contribution in [0.25, 0.3) is 10.6 Å². The predicted molar refractivity (Wildman–Crippen MR) is 102 cm³/mol. The van der Waals surface area contributed by atoms with E-state index < -0.39 is 0 Å². The molecule has 4 rings (SSSR count). The van der Waals surface area contributed by atoms with E-state index in [1.165, 1.54) is 24.2 Å². The highest BCUT2D eigenvalue weighted by molar-refractivity contribution is 7.13. The number of carbonyl (C=O) groups is 1. The maximum Gasteiger partial charge on any atom is 0.270 e. The monoisotopic (exact) mass is 367 g/mol. The normalized spacial score (nSPS) is 15.8. The average molecular weight is 367 g/mol. The van der Waals surface area contributed by atoms with Crippen LogP contribution in [0, 0.1) is 0 Å². The Labute approximate surface area is 156 Å².